The van der Waals surface area contributed by atoms with Crippen molar-refractivity contribution < 1.29 is 9.18 Å². The van der Waals surface area contributed by atoms with Crippen LogP contribution in [0.15, 0.2) is 29.8 Å². The number of amides is 1. The standard InChI is InChI=1S/C10H10FNO/c1-7(10(12)13)6-8-2-4-9(11)5-3-8/h2-6H,1H3,(H2,12,13)/b7-6+. The summed E-state index contributed by atoms with van der Waals surface area (Å²) in [6.45, 7) is 1.62. The minimum atomic E-state index is -0.468. The highest BCUT2D eigenvalue weighted by molar-refractivity contribution is 5.95. The quantitative estimate of drug-likeness (QED) is 0.690. The zero-order valence-electron chi connectivity index (χ0n) is 7.25. The van der Waals surface area contributed by atoms with Gasteiger partial charge in [-0.1, -0.05) is 12.1 Å². The van der Waals surface area contributed by atoms with Crippen LogP contribution in [0.5, 0.6) is 0 Å². The van der Waals surface area contributed by atoms with Crippen molar-refractivity contribution in [2.75, 3.05) is 0 Å². The first kappa shape index (κ1) is 9.45. The molecule has 0 aliphatic rings. The van der Waals surface area contributed by atoms with Crippen LogP contribution >= 0.6 is 0 Å². The molecular formula is C10H10FNO. The number of nitrogens with two attached hydrogens (primary N) is 1. The molecule has 1 aromatic rings. The van der Waals surface area contributed by atoms with Crippen molar-refractivity contribution in [3.8, 4) is 0 Å². The molecule has 2 nitrogen and oxygen atoms in total. The van der Waals surface area contributed by atoms with E-state index < -0.39 is 5.91 Å². The second kappa shape index (κ2) is 3.85. The average Bonchev–Trinajstić information content (AvgIpc) is 2.08. The van der Waals surface area contributed by atoms with Crippen LogP contribution < -0.4 is 5.73 Å². The van der Waals surface area contributed by atoms with Crippen molar-refractivity contribution in [2.45, 2.75) is 6.92 Å². The lowest BCUT2D eigenvalue weighted by molar-refractivity contribution is -0.114. The van der Waals surface area contributed by atoms with Gasteiger partial charge in [0.05, 0.1) is 0 Å². The Hall–Kier alpha value is -1.64. The molecule has 0 heterocycles. The molecule has 0 aliphatic heterocycles. The van der Waals surface area contributed by atoms with Gasteiger partial charge in [-0.3, -0.25) is 4.79 Å². The van der Waals surface area contributed by atoms with Crippen LogP contribution in [0.3, 0.4) is 0 Å². The van der Waals surface area contributed by atoms with Gasteiger partial charge in [0.25, 0.3) is 0 Å². The molecule has 1 rings (SSSR count). The number of carbonyl (C=O) groups is 1. The summed E-state index contributed by atoms with van der Waals surface area (Å²) >= 11 is 0. The van der Waals surface area contributed by atoms with Crippen LogP contribution in [0.2, 0.25) is 0 Å². The Kier molecular flexibility index (Phi) is 2.80. The van der Waals surface area contributed by atoms with Crippen molar-refractivity contribution >= 4 is 12.0 Å². The van der Waals surface area contributed by atoms with E-state index in [9.17, 15) is 9.18 Å². The number of carbonyl (C=O) groups excluding carboxylic acids is 1. The van der Waals surface area contributed by atoms with Gasteiger partial charge in [0.1, 0.15) is 5.82 Å². The van der Waals surface area contributed by atoms with Crippen LogP contribution in [0.4, 0.5) is 4.39 Å². The van der Waals surface area contributed by atoms with Crippen molar-refractivity contribution in [1.82, 2.24) is 0 Å². The molecule has 0 saturated carbocycles. The smallest absolute Gasteiger partial charge is 0.244 e. The number of halogens is 1. The summed E-state index contributed by atoms with van der Waals surface area (Å²) in [5, 5.41) is 0. The molecular weight excluding hydrogens is 169 g/mol. The molecule has 0 spiro atoms. The molecule has 0 bridgehead atoms. The van der Waals surface area contributed by atoms with Gasteiger partial charge < -0.3 is 5.73 Å². The van der Waals surface area contributed by atoms with Gasteiger partial charge in [-0.05, 0) is 30.7 Å². The fourth-order valence-electron chi connectivity index (χ4n) is 0.880. The highest BCUT2D eigenvalue weighted by atomic mass is 19.1. The number of rotatable bonds is 2. The monoisotopic (exact) mass is 179 g/mol. The highest BCUT2D eigenvalue weighted by Gasteiger charge is 1.97. The summed E-state index contributed by atoms with van der Waals surface area (Å²) < 4.78 is 12.5. The fourth-order valence-corrected chi connectivity index (χ4v) is 0.880. The van der Waals surface area contributed by atoms with E-state index in [2.05, 4.69) is 0 Å². The summed E-state index contributed by atoms with van der Waals surface area (Å²) in [7, 11) is 0. The third-order valence-electron chi connectivity index (χ3n) is 1.64. The predicted octanol–water partition coefficient (Wildman–Crippen LogP) is 1.71. The van der Waals surface area contributed by atoms with Crippen molar-refractivity contribution in [2.24, 2.45) is 5.73 Å². The average molecular weight is 179 g/mol. The fraction of sp³-hybridized carbons (Fsp3) is 0.100. The Morgan fingerprint density at radius 3 is 2.38 bits per heavy atom. The molecule has 0 aliphatic carbocycles. The number of hydrogen-bond acceptors (Lipinski definition) is 1. The normalized spacial score (nSPS) is 11.4. The molecule has 1 amide bonds. The first-order valence-corrected chi connectivity index (χ1v) is 3.83. The van der Waals surface area contributed by atoms with Crippen LogP contribution in [-0.2, 0) is 4.79 Å². The number of primary amides is 1. The Morgan fingerprint density at radius 2 is 1.92 bits per heavy atom. The van der Waals surface area contributed by atoms with E-state index in [0.29, 0.717) is 5.57 Å². The van der Waals surface area contributed by atoms with Gasteiger partial charge in [-0.2, -0.15) is 0 Å². The van der Waals surface area contributed by atoms with Crippen LogP contribution in [0, 0.1) is 5.82 Å². The molecule has 0 aromatic heterocycles. The summed E-state index contributed by atoms with van der Waals surface area (Å²) in [4.78, 5) is 10.7. The third-order valence-corrected chi connectivity index (χ3v) is 1.64. The lowest BCUT2D eigenvalue weighted by Crippen LogP contribution is -2.11. The lowest BCUT2D eigenvalue weighted by Gasteiger charge is -1.95. The minimum absolute atomic E-state index is 0.297. The molecule has 1 aromatic carbocycles. The molecule has 0 saturated heterocycles. The van der Waals surface area contributed by atoms with Gasteiger partial charge in [-0.25, -0.2) is 4.39 Å². The van der Waals surface area contributed by atoms with Crippen LogP contribution in [0.25, 0.3) is 6.08 Å². The van der Waals surface area contributed by atoms with Gasteiger partial charge in [0.2, 0.25) is 5.91 Å². The number of benzene rings is 1. The summed E-state index contributed by atoms with van der Waals surface area (Å²) in [5.74, 6) is -0.766. The maximum absolute atomic E-state index is 12.5. The van der Waals surface area contributed by atoms with E-state index >= 15 is 0 Å². The molecule has 0 unspecified atom stereocenters. The topological polar surface area (TPSA) is 43.1 Å². The summed E-state index contributed by atoms with van der Waals surface area (Å²) in [6.07, 6.45) is 1.61. The first-order chi connectivity index (χ1) is 6.09. The van der Waals surface area contributed by atoms with Crippen molar-refractivity contribution in [3.05, 3.63) is 41.2 Å². The minimum Gasteiger partial charge on any atom is -0.366 e. The van der Waals surface area contributed by atoms with Crippen molar-refractivity contribution in [3.63, 3.8) is 0 Å². The Balaban J connectivity index is 2.92. The maximum atomic E-state index is 12.5. The SMILES string of the molecule is C/C(=C\c1ccc(F)cc1)C(N)=O. The molecule has 3 heteroatoms. The zero-order valence-corrected chi connectivity index (χ0v) is 7.25. The molecule has 68 valence electrons. The third kappa shape index (κ3) is 2.71. The zero-order chi connectivity index (χ0) is 9.84. The molecule has 2 N–H and O–H groups in total. The van der Waals surface area contributed by atoms with Gasteiger partial charge in [-0.15, -0.1) is 0 Å². The van der Waals surface area contributed by atoms with Gasteiger partial charge in [0, 0.05) is 5.57 Å². The van der Waals surface area contributed by atoms with Crippen LogP contribution in [0.1, 0.15) is 12.5 Å². The Bertz CT molecular complexity index is 340. The van der Waals surface area contributed by atoms with E-state index in [1.54, 1.807) is 25.1 Å². The van der Waals surface area contributed by atoms with E-state index in [1.165, 1.54) is 12.1 Å². The molecule has 0 fully saturated rings. The van der Waals surface area contributed by atoms with Gasteiger partial charge >= 0.3 is 0 Å². The first-order valence-electron chi connectivity index (χ1n) is 3.83. The second-order valence-corrected chi connectivity index (χ2v) is 2.74. The molecule has 0 radical (unpaired) electrons. The number of hydrogen-bond donors (Lipinski definition) is 1. The largest absolute Gasteiger partial charge is 0.366 e. The van der Waals surface area contributed by atoms with E-state index in [4.69, 9.17) is 5.73 Å². The highest BCUT2D eigenvalue weighted by Crippen LogP contribution is 2.07. The van der Waals surface area contributed by atoms with Crippen molar-refractivity contribution in [1.29, 1.82) is 0 Å². The van der Waals surface area contributed by atoms with E-state index in [1.807, 2.05) is 0 Å². The van der Waals surface area contributed by atoms with Crippen LogP contribution in [-0.4, -0.2) is 5.91 Å². The van der Waals surface area contributed by atoms with E-state index in [0.717, 1.165) is 5.56 Å². The molecule has 0 atom stereocenters. The lowest BCUT2D eigenvalue weighted by atomic mass is 10.1. The summed E-state index contributed by atoms with van der Waals surface area (Å²) in [5.41, 5.74) is 6.24. The second-order valence-electron chi connectivity index (χ2n) is 2.74. The van der Waals surface area contributed by atoms with Gasteiger partial charge in [0.15, 0.2) is 0 Å². The Morgan fingerprint density at radius 1 is 1.38 bits per heavy atom. The predicted molar refractivity (Wildman–Crippen MR) is 49.2 cm³/mol. The van der Waals surface area contributed by atoms with E-state index in [-0.39, 0.29) is 5.82 Å². The Labute approximate surface area is 75.9 Å². The summed E-state index contributed by atoms with van der Waals surface area (Å²) in [6, 6.07) is 5.84. The maximum Gasteiger partial charge on any atom is 0.244 e. The molecule has 13 heavy (non-hydrogen) atoms.